The summed E-state index contributed by atoms with van der Waals surface area (Å²) in [6.07, 6.45) is 27.0. The summed E-state index contributed by atoms with van der Waals surface area (Å²) >= 11 is 3.53. The molecule has 3 saturated heterocycles. The van der Waals surface area contributed by atoms with Crippen LogP contribution in [0.1, 0.15) is 210 Å². The molecule has 3 heterocycles. The number of rotatable bonds is 18. The number of hydrogen-bond acceptors (Lipinski definition) is 11. The van der Waals surface area contributed by atoms with Crippen LogP contribution in [0.5, 0.6) is 0 Å². The van der Waals surface area contributed by atoms with Gasteiger partial charge in [-0.25, -0.2) is 0 Å². The number of carbonyl (C=O) groups excluding carboxylic acids is 3. The summed E-state index contributed by atoms with van der Waals surface area (Å²) in [5.41, 5.74) is 16.9. The summed E-state index contributed by atoms with van der Waals surface area (Å²) in [4.78, 5) is 44.6. The van der Waals surface area contributed by atoms with Gasteiger partial charge in [0.05, 0.1) is 37.5 Å². The molecule has 13 rings (SSSR count). The zero-order valence-electron chi connectivity index (χ0n) is 62.4. The molecule has 550 valence electrons. The van der Waals surface area contributed by atoms with Gasteiger partial charge in [0.1, 0.15) is 0 Å². The molecule has 12 nitrogen and oxygen atoms in total. The quantitative estimate of drug-likeness (QED) is 0.0620. The van der Waals surface area contributed by atoms with E-state index in [2.05, 4.69) is 127 Å². The number of likely N-dealkylation sites (tertiary alicyclic amines) is 3. The number of amides is 1. The van der Waals surface area contributed by atoms with Crippen molar-refractivity contribution in [3.8, 4) is 34.4 Å². The fourth-order valence-corrected chi connectivity index (χ4v) is 16.9. The molecule has 7 aromatic carbocycles. The highest BCUT2D eigenvalue weighted by molar-refractivity contribution is 9.10. The van der Waals surface area contributed by atoms with E-state index in [-0.39, 0.29) is 38.8 Å². The highest BCUT2D eigenvalue weighted by atomic mass is 79.9. The first-order valence-electron chi connectivity index (χ1n) is 38.3. The number of esters is 2. The normalized spacial score (nSPS) is 17.8. The number of para-hydroxylation sites is 2. The second-order valence-electron chi connectivity index (χ2n) is 28.3. The molecule has 0 bridgehead atoms. The van der Waals surface area contributed by atoms with Gasteiger partial charge in [-0.05, 0) is 251 Å². The Hall–Kier alpha value is -7.98. The number of nitrogens with two attached hydrogens (primary N) is 1. The first kappa shape index (κ1) is 82.3. The highest BCUT2D eigenvalue weighted by Gasteiger charge is 2.42. The Morgan fingerprint density at radius 3 is 1.08 bits per heavy atom. The van der Waals surface area contributed by atoms with Crippen LogP contribution in [0.3, 0.4) is 0 Å². The number of nitriles is 2. The van der Waals surface area contributed by atoms with E-state index < -0.39 is 0 Å². The number of nitrogens with one attached hydrogen (secondary N) is 1. The molecular formula is C89H115BrFN7O5. The summed E-state index contributed by atoms with van der Waals surface area (Å²) < 4.78 is 10.9. The van der Waals surface area contributed by atoms with Crippen LogP contribution in [0.4, 0.5) is 16.1 Å². The molecule has 0 spiro atoms. The van der Waals surface area contributed by atoms with Crippen molar-refractivity contribution in [2.45, 2.75) is 216 Å². The van der Waals surface area contributed by atoms with E-state index >= 15 is 0 Å². The summed E-state index contributed by atoms with van der Waals surface area (Å²) in [6.45, 7) is 14.7. The van der Waals surface area contributed by atoms with Gasteiger partial charge in [-0.15, -0.1) is 0 Å². The number of hydrogen-bond donors (Lipinski definition) is 2. The predicted molar refractivity (Wildman–Crippen MR) is 424 cm³/mol. The van der Waals surface area contributed by atoms with Crippen LogP contribution in [0, 0.1) is 22.7 Å². The second-order valence-corrected chi connectivity index (χ2v) is 29.2. The third-order valence-electron chi connectivity index (χ3n) is 22.6. The monoisotopic (exact) mass is 1460 g/mol. The average molecular weight is 1460 g/mol. The minimum atomic E-state index is -0.123. The number of methoxy groups -OCH3 is 2. The SMILES string of the molecule is CC.CC.COC(=O)CCC1(c2ccc(-c3cccc(C#N)c3)cc2)CCN(C2CCCC2)CC1.COC(=O)CCC1(c2ccc(Br)cc2)CCN(C2CCCC2)CC1.F.N#Cc1cccc(-c2ccc(C3(CCC(=O)Nc4ccccc4)CCN(C4CCCC4)CC3)cc2)c1.Nc1ccccc1. The fourth-order valence-electron chi connectivity index (χ4n) is 16.6. The Morgan fingerprint density at radius 1 is 0.447 bits per heavy atom. The molecule has 6 aliphatic rings. The van der Waals surface area contributed by atoms with Gasteiger partial charge in [-0.1, -0.05) is 203 Å². The maximum Gasteiger partial charge on any atom is 0.305 e. The number of carbonyl (C=O) groups is 3. The Balaban J connectivity index is 0.000000203. The minimum Gasteiger partial charge on any atom is -0.469 e. The number of nitrogens with zero attached hydrogens (tertiary/aromatic N) is 5. The van der Waals surface area contributed by atoms with Gasteiger partial charge in [0.25, 0.3) is 0 Å². The number of benzene rings is 7. The Kier molecular flexibility index (Phi) is 34.1. The smallest absolute Gasteiger partial charge is 0.305 e. The second kappa shape index (κ2) is 42.7. The molecule has 6 fully saturated rings. The van der Waals surface area contributed by atoms with Gasteiger partial charge in [0.2, 0.25) is 5.91 Å². The third-order valence-corrected chi connectivity index (χ3v) is 23.2. The molecule has 0 unspecified atom stereocenters. The van der Waals surface area contributed by atoms with Crippen LogP contribution < -0.4 is 11.1 Å². The molecule has 0 atom stereocenters. The van der Waals surface area contributed by atoms with Gasteiger partial charge in [0.15, 0.2) is 0 Å². The van der Waals surface area contributed by atoms with Crippen molar-refractivity contribution in [3.63, 3.8) is 0 Å². The van der Waals surface area contributed by atoms with E-state index in [4.69, 9.17) is 15.2 Å². The summed E-state index contributed by atoms with van der Waals surface area (Å²) in [7, 11) is 2.96. The number of ether oxygens (including phenoxy) is 2. The van der Waals surface area contributed by atoms with Crippen LogP contribution in [-0.2, 0) is 40.1 Å². The molecule has 3 aliphatic carbocycles. The third kappa shape index (κ3) is 23.8. The minimum absolute atomic E-state index is 0. The van der Waals surface area contributed by atoms with Gasteiger partial charge < -0.3 is 35.2 Å². The van der Waals surface area contributed by atoms with E-state index in [9.17, 15) is 24.9 Å². The van der Waals surface area contributed by atoms with Crippen molar-refractivity contribution in [1.82, 2.24) is 14.7 Å². The molecule has 3 aliphatic heterocycles. The molecule has 3 saturated carbocycles. The van der Waals surface area contributed by atoms with E-state index in [1.54, 1.807) is 0 Å². The van der Waals surface area contributed by atoms with Crippen molar-refractivity contribution in [1.29, 1.82) is 10.5 Å². The van der Waals surface area contributed by atoms with E-state index in [0.717, 1.165) is 153 Å². The molecule has 3 N–H and O–H groups in total. The average Bonchev–Trinajstić information content (AvgIpc) is 1.34. The van der Waals surface area contributed by atoms with Crippen molar-refractivity contribution >= 4 is 45.2 Å². The Bertz CT molecular complexity index is 3710. The topological polar surface area (TPSA) is 165 Å². The van der Waals surface area contributed by atoms with Gasteiger partial charge in [0, 0.05) is 53.2 Å². The lowest BCUT2D eigenvalue weighted by atomic mass is 9.69. The van der Waals surface area contributed by atoms with Crippen molar-refractivity contribution in [2.75, 3.05) is 64.5 Å². The zero-order valence-corrected chi connectivity index (χ0v) is 64.0. The van der Waals surface area contributed by atoms with Crippen LogP contribution in [0.25, 0.3) is 22.3 Å². The molecule has 0 aromatic heterocycles. The van der Waals surface area contributed by atoms with E-state index in [1.165, 1.54) is 108 Å². The van der Waals surface area contributed by atoms with Crippen molar-refractivity contribution < 1.29 is 28.6 Å². The van der Waals surface area contributed by atoms with Crippen LogP contribution in [0.2, 0.25) is 0 Å². The molecule has 103 heavy (non-hydrogen) atoms. The van der Waals surface area contributed by atoms with Crippen molar-refractivity contribution in [3.05, 3.63) is 214 Å². The molecule has 14 heteroatoms. The van der Waals surface area contributed by atoms with Crippen LogP contribution in [-0.4, -0.2) is 104 Å². The molecule has 1 amide bonds. The predicted octanol–water partition coefficient (Wildman–Crippen LogP) is 20.5. The summed E-state index contributed by atoms with van der Waals surface area (Å²) in [5, 5.41) is 21.5. The number of anilines is 2. The fraction of sp³-hybridized carbons (Fsp3) is 0.472. The molecular weight excluding hydrogens is 1350 g/mol. The van der Waals surface area contributed by atoms with Gasteiger partial charge in [-0.3, -0.25) is 19.1 Å². The number of nitrogen functional groups attached to an aromatic ring is 1. The largest absolute Gasteiger partial charge is 0.469 e. The number of piperidine rings is 3. The maximum absolute atomic E-state index is 12.9. The van der Waals surface area contributed by atoms with E-state index in [0.29, 0.717) is 30.4 Å². The van der Waals surface area contributed by atoms with Gasteiger partial charge >= 0.3 is 11.9 Å². The Labute approximate surface area is 624 Å². The van der Waals surface area contributed by atoms with Gasteiger partial charge in [-0.2, -0.15) is 10.5 Å². The van der Waals surface area contributed by atoms with E-state index in [1.807, 2.05) is 131 Å². The Morgan fingerprint density at radius 2 is 0.767 bits per heavy atom. The lowest BCUT2D eigenvalue weighted by Crippen LogP contribution is -2.46. The standard InChI is InChI=1S/C32H35N3O.C27H32N2O2.C20H28BrNO2.C6H7N.2C2H6.FH/c33-24-25-7-6-8-27(23-25)26-13-15-28(16-14-26)32(18-17-31(36)34-29-9-2-1-3-10-29)19-21-35(22-20-32)30-11-4-5-12-30;1-31-26(30)13-14-27(15-17-29(18-16-27)25-7-2-3-8-25)24-11-9-22(10-12-24)23-6-4-5-21(19-23)20-28;1-24-19(23)10-11-20(16-6-8-17(21)9-7-16)12-14-22(15-13-20)18-4-2-3-5-18;7-6-4-2-1-3-5-6;2*1-2;/h1-3,6-10,13-16,23,30H,4-5,11-12,17-22H2,(H,34,36);4-6,9-12,19,25H,2-3,7-8,13-18H2,1H3;6-9,18H,2-5,10-15H2,1H3;1-5H,7H2;2*1-2H3;1H. The van der Waals surface area contributed by atoms with Crippen molar-refractivity contribution in [2.24, 2.45) is 0 Å². The maximum atomic E-state index is 12.9. The molecule has 7 aromatic rings. The summed E-state index contributed by atoms with van der Waals surface area (Å²) in [5.74, 6) is -0.129. The van der Waals surface area contributed by atoms with Crippen LogP contribution >= 0.6 is 15.9 Å². The first-order chi connectivity index (χ1) is 49.8. The first-order valence-corrected chi connectivity index (χ1v) is 39.1. The lowest BCUT2D eigenvalue weighted by molar-refractivity contribution is -0.142. The lowest BCUT2D eigenvalue weighted by Gasteiger charge is -2.44. The zero-order chi connectivity index (χ0) is 72.6. The number of halogens is 2. The highest BCUT2D eigenvalue weighted by Crippen LogP contribution is 2.46. The molecule has 0 radical (unpaired) electrons. The van der Waals surface area contributed by atoms with Crippen LogP contribution in [0.15, 0.2) is 186 Å². The summed E-state index contributed by atoms with van der Waals surface area (Å²) in [6, 6.07) is 67.9.